The molecule has 1 saturated carbocycles. The minimum atomic E-state index is -3.49. The van der Waals surface area contributed by atoms with E-state index in [2.05, 4.69) is 13.8 Å². The predicted octanol–water partition coefficient (Wildman–Crippen LogP) is 2.83. The van der Waals surface area contributed by atoms with Crippen LogP contribution < -0.4 is 0 Å². The summed E-state index contributed by atoms with van der Waals surface area (Å²) in [5.41, 5.74) is 1.13. The molecule has 0 atom stereocenters. The van der Waals surface area contributed by atoms with E-state index in [9.17, 15) is 13.2 Å². The van der Waals surface area contributed by atoms with Gasteiger partial charge < -0.3 is 4.90 Å². The fourth-order valence-electron chi connectivity index (χ4n) is 3.44. The van der Waals surface area contributed by atoms with Crippen molar-refractivity contribution in [3.63, 3.8) is 0 Å². The second-order valence-corrected chi connectivity index (χ2v) is 9.37. The molecular weight excluding hydrogens is 336 g/mol. The summed E-state index contributed by atoms with van der Waals surface area (Å²) in [6, 6.07) is 7.18. The van der Waals surface area contributed by atoms with Gasteiger partial charge in [0.25, 0.3) is 0 Å². The molecular formula is C19H28N2O3S. The van der Waals surface area contributed by atoms with Crippen LogP contribution in [0.25, 0.3) is 0 Å². The van der Waals surface area contributed by atoms with Crippen molar-refractivity contribution in [2.45, 2.75) is 50.3 Å². The van der Waals surface area contributed by atoms with Crippen LogP contribution in [-0.2, 0) is 14.8 Å². The Balaban J connectivity index is 1.69. The van der Waals surface area contributed by atoms with E-state index < -0.39 is 10.0 Å². The summed E-state index contributed by atoms with van der Waals surface area (Å²) in [6.45, 7) is 6.19. The minimum Gasteiger partial charge on any atom is -0.341 e. The molecule has 6 heteroatoms. The molecule has 0 aromatic heterocycles. The first-order valence-electron chi connectivity index (χ1n) is 9.28. The zero-order valence-electron chi connectivity index (χ0n) is 15.1. The number of carbonyl (C=O) groups excluding carboxylic acids is 1. The number of benzene rings is 1. The van der Waals surface area contributed by atoms with E-state index in [-0.39, 0.29) is 11.8 Å². The lowest BCUT2D eigenvalue weighted by Gasteiger charge is -2.31. The lowest BCUT2D eigenvalue weighted by Crippen LogP contribution is -2.41. The number of sulfonamides is 1. The summed E-state index contributed by atoms with van der Waals surface area (Å²) in [6.07, 6.45) is 3.80. The van der Waals surface area contributed by atoms with Crippen molar-refractivity contribution in [3.05, 3.63) is 29.8 Å². The van der Waals surface area contributed by atoms with Crippen molar-refractivity contribution in [2.75, 3.05) is 26.2 Å². The van der Waals surface area contributed by atoms with Gasteiger partial charge in [-0.25, -0.2) is 8.42 Å². The first kappa shape index (κ1) is 18.4. The van der Waals surface area contributed by atoms with Gasteiger partial charge in [0.2, 0.25) is 15.9 Å². The lowest BCUT2D eigenvalue weighted by atomic mass is 9.84. The van der Waals surface area contributed by atoms with Crippen LogP contribution in [0.15, 0.2) is 29.2 Å². The first-order valence-corrected chi connectivity index (χ1v) is 10.7. The smallest absolute Gasteiger partial charge is 0.243 e. The van der Waals surface area contributed by atoms with Crippen LogP contribution >= 0.6 is 0 Å². The maximum atomic E-state index is 12.9. The van der Waals surface area contributed by atoms with Crippen LogP contribution in [0.2, 0.25) is 0 Å². The normalized spacial score (nSPS) is 20.4. The highest BCUT2D eigenvalue weighted by atomic mass is 32.2. The third-order valence-electron chi connectivity index (χ3n) is 5.41. The highest BCUT2D eigenvalue weighted by Crippen LogP contribution is 2.29. The van der Waals surface area contributed by atoms with Crippen molar-refractivity contribution in [3.8, 4) is 0 Å². The third-order valence-corrected chi connectivity index (χ3v) is 7.32. The fourth-order valence-corrected chi connectivity index (χ4v) is 4.91. The van der Waals surface area contributed by atoms with E-state index >= 15 is 0 Å². The van der Waals surface area contributed by atoms with Gasteiger partial charge in [-0.3, -0.25) is 4.79 Å². The molecule has 3 rings (SSSR count). The van der Waals surface area contributed by atoms with Crippen molar-refractivity contribution in [2.24, 2.45) is 5.92 Å². The molecule has 1 heterocycles. The number of rotatable bonds is 4. The Kier molecular flexibility index (Phi) is 5.49. The molecule has 0 N–H and O–H groups in total. The zero-order chi connectivity index (χ0) is 18.0. The van der Waals surface area contributed by atoms with E-state index in [0.29, 0.717) is 43.4 Å². The summed E-state index contributed by atoms with van der Waals surface area (Å²) in [7, 11) is -3.49. The number of hydrogen-bond acceptors (Lipinski definition) is 3. The van der Waals surface area contributed by atoms with E-state index in [1.165, 1.54) is 4.31 Å². The van der Waals surface area contributed by atoms with E-state index in [4.69, 9.17) is 0 Å². The first-order chi connectivity index (χ1) is 11.9. The van der Waals surface area contributed by atoms with Crippen LogP contribution in [0, 0.1) is 5.92 Å². The predicted molar refractivity (Wildman–Crippen MR) is 97.8 cm³/mol. The SMILES string of the molecule is CC(C)c1ccc(S(=O)(=O)N2CCCN(C(=O)C3CCC3)CC2)cc1. The quantitative estimate of drug-likeness (QED) is 0.825. The van der Waals surface area contributed by atoms with Gasteiger partial charge in [0, 0.05) is 32.1 Å². The average molecular weight is 365 g/mol. The molecule has 1 saturated heterocycles. The molecule has 0 bridgehead atoms. The second kappa shape index (κ2) is 7.46. The van der Waals surface area contributed by atoms with E-state index in [1.54, 1.807) is 12.1 Å². The highest BCUT2D eigenvalue weighted by molar-refractivity contribution is 7.89. The monoisotopic (exact) mass is 364 g/mol. The molecule has 2 aliphatic rings. The molecule has 1 amide bonds. The van der Waals surface area contributed by atoms with E-state index in [0.717, 1.165) is 24.8 Å². The van der Waals surface area contributed by atoms with E-state index in [1.807, 2.05) is 17.0 Å². The maximum absolute atomic E-state index is 12.9. The Morgan fingerprint density at radius 1 is 1.00 bits per heavy atom. The van der Waals surface area contributed by atoms with Gasteiger partial charge in [-0.1, -0.05) is 32.4 Å². The van der Waals surface area contributed by atoms with Gasteiger partial charge in [-0.15, -0.1) is 0 Å². The van der Waals surface area contributed by atoms with Crippen LogP contribution in [0.4, 0.5) is 0 Å². The molecule has 5 nitrogen and oxygen atoms in total. The van der Waals surface area contributed by atoms with Crippen LogP contribution in [0.5, 0.6) is 0 Å². The molecule has 0 radical (unpaired) electrons. The molecule has 138 valence electrons. The topological polar surface area (TPSA) is 57.7 Å². The van der Waals surface area contributed by atoms with Gasteiger partial charge in [0.15, 0.2) is 0 Å². The number of amides is 1. The Morgan fingerprint density at radius 3 is 2.24 bits per heavy atom. The number of hydrogen-bond donors (Lipinski definition) is 0. The summed E-state index contributed by atoms with van der Waals surface area (Å²) in [4.78, 5) is 14.6. The molecule has 25 heavy (non-hydrogen) atoms. The molecule has 1 aromatic carbocycles. The minimum absolute atomic E-state index is 0.173. The Bertz CT molecular complexity index is 709. The Labute approximate surface area is 151 Å². The standard InChI is InChI=1S/C19H28N2O3S/c1-15(2)16-7-9-18(10-8-16)25(23,24)21-12-4-11-20(13-14-21)19(22)17-5-3-6-17/h7-10,15,17H,3-6,11-14H2,1-2H3. The lowest BCUT2D eigenvalue weighted by molar-refractivity contribution is -0.138. The third kappa shape index (κ3) is 3.90. The summed E-state index contributed by atoms with van der Waals surface area (Å²) >= 11 is 0. The molecule has 2 fully saturated rings. The zero-order valence-corrected chi connectivity index (χ0v) is 16.0. The molecule has 1 aliphatic heterocycles. The van der Waals surface area contributed by atoms with Crippen molar-refractivity contribution in [1.29, 1.82) is 0 Å². The Morgan fingerprint density at radius 2 is 1.68 bits per heavy atom. The van der Waals surface area contributed by atoms with Gasteiger partial charge in [0.1, 0.15) is 0 Å². The number of carbonyl (C=O) groups is 1. The van der Waals surface area contributed by atoms with Crippen LogP contribution in [-0.4, -0.2) is 49.7 Å². The maximum Gasteiger partial charge on any atom is 0.243 e. The molecule has 1 aliphatic carbocycles. The molecule has 0 spiro atoms. The Hall–Kier alpha value is -1.40. The second-order valence-electron chi connectivity index (χ2n) is 7.43. The van der Waals surface area contributed by atoms with Crippen LogP contribution in [0.3, 0.4) is 0 Å². The largest absolute Gasteiger partial charge is 0.341 e. The fraction of sp³-hybridized carbons (Fsp3) is 0.632. The van der Waals surface area contributed by atoms with Crippen LogP contribution in [0.1, 0.15) is 51.0 Å². The average Bonchev–Trinajstić information content (AvgIpc) is 2.79. The van der Waals surface area contributed by atoms with Gasteiger partial charge >= 0.3 is 0 Å². The van der Waals surface area contributed by atoms with Gasteiger partial charge in [-0.2, -0.15) is 4.31 Å². The van der Waals surface area contributed by atoms with Crippen molar-refractivity contribution >= 4 is 15.9 Å². The molecule has 1 aromatic rings. The summed E-state index contributed by atoms with van der Waals surface area (Å²) < 4.78 is 27.4. The van der Waals surface area contributed by atoms with Gasteiger partial charge in [-0.05, 0) is 42.9 Å². The van der Waals surface area contributed by atoms with Crippen molar-refractivity contribution in [1.82, 2.24) is 9.21 Å². The highest BCUT2D eigenvalue weighted by Gasteiger charge is 2.32. The number of nitrogens with zero attached hydrogens (tertiary/aromatic N) is 2. The van der Waals surface area contributed by atoms with Gasteiger partial charge in [0.05, 0.1) is 4.90 Å². The summed E-state index contributed by atoms with van der Waals surface area (Å²) in [5, 5.41) is 0. The summed E-state index contributed by atoms with van der Waals surface area (Å²) in [5.74, 6) is 0.763. The van der Waals surface area contributed by atoms with Crippen molar-refractivity contribution < 1.29 is 13.2 Å². The molecule has 0 unspecified atom stereocenters.